The summed E-state index contributed by atoms with van der Waals surface area (Å²) < 4.78 is 11.8. The van der Waals surface area contributed by atoms with Gasteiger partial charge in [0.1, 0.15) is 11.9 Å². The average molecular weight is 277 g/mol. The summed E-state index contributed by atoms with van der Waals surface area (Å²) in [5, 5.41) is 3.32. The molecule has 0 bridgehead atoms. The van der Waals surface area contributed by atoms with Crippen molar-refractivity contribution in [3.8, 4) is 5.75 Å². The quantitative estimate of drug-likeness (QED) is 0.890. The summed E-state index contributed by atoms with van der Waals surface area (Å²) in [5.74, 6) is 0.964. The molecule has 0 aromatic heterocycles. The Hall–Kier alpha value is -1.06. The predicted molar refractivity (Wildman–Crippen MR) is 82.2 cm³/mol. The topological polar surface area (TPSA) is 30.5 Å². The Bertz CT molecular complexity index is 390. The minimum Gasteiger partial charge on any atom is -0.490 e. The summed E-state index contributed by atoms with van der Waals surface area (Å²) in [6.07, 6.45) is 3.88. The van der Waals surface area contributed by atoms with Crippen LogP contribution in [0.1, 0.15) is 51.6 Å². The molecule has 2 rings (SSSR count). The Morgan fingerprint density at radius 3 is 2.30 bits per heavy atom. The van der Waals surface area contributed by atoms with Crippen molar-refractivity contribution in [3.05, 3.63) is 29.8 Å². The zero-order valence-corrected chi connectivity index (χ0v) is 13.1. The highest BCUT2D eigenvalue weighted by Crippen LogP contribution is 2.25. The first kappa shape index (κ1) is 15.3. The zero-order valence-electron chi connectivity index (χ0n) is 13.1. The molecule has 3 nitrogen and oxygen atoms in total. The summed E-state index contributed by atoms with van der Waals surface area (Å²) in [6.45, 7) is 6.43. The molecule has 0 radical (unpaired) electrons. The van der Waals surface area contributed by atoms with Gasteiger partial charge in [0.25, 0.3) is 0 Å². The van der Waals surface area contributed by atoms with Crippen molar-refractivity contribution in [1.29, 1.82) is 0 Å². The fraction of sp³-hybridized carbons (Fsp3) is 0.647. The summed E-state index contributed by atoms with van der Waals surface area (Å²) in [7, 11) is 2.00. The van der Waals surface area contributed by atoms with Crippen molar-refractivity contribution in [2.75, 3.05) is 7.05 Å². The van der Waals surface area contributed by atoms with Gasteiger partial charge in [0.15, 0.2) is 0 Å². The fourth-order valence-corrected chi connectivity index (χ4v) is 3.02. The van der Waals surface area contributed by atoms with Crippen LogP contribution in [0.3, 0.4) is 0 Å². The van der Waals surface area contributed by atoms with Gasteiger partial charge in [-0.05, 0) is 45.0 Å². The summed E-state index contributed by atoms with van der Waals surface area (Å²) >= 11 is 0. The highest BCUT2D eigenvalue weighted by molar-refractivity contribution is 5.29. The van der Waals surface area contributed by atoms with Crippen LogP contribution < -0.4 is 10.1 Å². The average Bonchev–Trinajstić information content (AvgIpc) is 2.41. The van der Waals surface area contributed by atoms with Gasteiger partial charge in [-0.1, -0.05) is 19.1 Å². The van der Waals surface area contributed by atoms with E-state index < -0.39 is 0 Å². The molecule has 112 valence electrons. The maximum absolute atomic E-state index is 6.10. The minimum atomic E-state index is 0.269. The van der Waals surface area contributed by atoms with Crippen molar-refractivity contribution in [1.82, 2.24) is 5.32 Å². The molecule has 1 heterocycles. The molecule has 1 fully saturated rings. The second-order valence-corrected chi connectivity index (χ2v) is 5.79. The smallest absolute Gasteiger partial charge is 0.119 e. The maximum Gasteiger partial charge on any atom is 0.119 e. The first-order valence-corrected chi connectivity index (χ1v) is 7.71. The second-order valence-electron chi connectivity index (χ2n) is 5.79. The van der Waals surface area contributed by atoms with Crippen LogP contribution in [0, 0.1) is 0 Å². The third-order valence-corrected chi connectivity index (χ3v) is 4.00. The normalized spacial score (nSPS) is 28.1. The third-order valence-electron chi connectivity index (χ3n) is 4.00. The highest BCUT2D eigenvalue weighted by Gasteiger charge is 2.25. The molecule has 1 aliphatic rings. The molecule has 0 aliphatic carbocycles. The van der Waals surface area contributed by atoms with Crippen LogP contribution in [-0.2, 0) is 4.74 Å². The molecule has 3 atom stereocenters. The van der Waals surface area contributed by atoms with Gasteiger partial charge in [-0.15, -0.1) is 0 Å². The standard InChI is InChI=1S/C17H27NO2/c1-5-17(18-4)14-6-8-15(9-7-14)20-16-10-12(2)19-13(3)11-16/h6-9,12-13,16-18H,5,10-11H2,1-4H3. The van der Waals surface area contributed by atoms with E-state index in [-0.39, 0.29) is 18.3 Å². The number of ether oxygens (including phenoxy) is 2. The summed E-state index contributed by atoms with van der Waals surface area (Å²) in [4.78, 5) is 0. The monoisotopic (exact) mass is 277 g/mol. The van der Waals surface area contributed by atoms with E-state index >= 15 is 0 Å². The van der Waals surface area contributed by atoms with Crippen LogP contribution in [0.5, 0.6) is 5.75 Å². The Morgan fingerprint density at radius 2 is 1.80 bits per heavy atom. The molecule has 1 aromatic rings. The molecule has 0 amide bonds. The molecular weight excluding hydrogens is 250 g/mol. The van der Waals surface area contributed by atoms with Crippen LogP contribution in [0.15, 0.2) is 24.3 Å². The molecule has 1 N–H and O–H groups in total. The first-order chi connectivity index (χ1) is 9.62. The Morgan fingerprint density at radius 1 is 1.20 bits per heavy atom. The van der Waals surface area contributed by atoms with E-state index in [2.05, 4.69) is 50.4 Å². The molecule has 0 spiro atoms. The molecule has 1 saturated heterocycles. The molecular formula is C17H27NO2. The van der Waals surface area contributed by atoms with E-state index in [1.807, 2.05) is 7.05 Å². The first-order valence-electron chi connectivity index (χ1n) is 7.71. The molecule has 20 heavy (non-hydrogen) atoms. The van der Waals surface area contributed by atoms with Crippen molar-refractivity contribution >= 4 is 0 Å². The highest BCUT2D eigenvalue weighted by atomic mass is 16.5. The number of hydrogen-bond acceptors (Lipinski definition) is 3. The van der Waals surface area contributed by atoms with Gasteiger partial charge in [0, 0.05) is 18.9 Å². The van der Waals surface area contributed by atoms with Gasteiger partial charge < -0.3 is 14.8 Å². The van der Waals surface area contributed by atoms with Crippen molar-refractivity contribution in [2.24, 2.45) is 0 Å². The molecule has 1 aliphatic heterocycles. The van der Waals surface area contributed by atoms with Gasteiger partial charge >= 0.3 is 0 Å². The maximum atomic E-state index is 6.10. The Balaban J connectivity index is 1.96. The Labute approximate surface area is 122 Å². The number of hydrogen-bond donors (Lipinski definition) is 1. The van der Waals surface area contributed by atoms with Crippen LogP contribution in [-0.4, -0.2) is 25.4 Å². The van der Waals surface area contributed by atoms with Crippen LogP contribution >= 0.6 is 0 Å². The van der Waals surface area contributed by atoms with Gasteiger partial charge in [-0.25, -0.2) is 0 Å². The summed E-state index contributed by atoms with van der Waals surface area (Å²) in [6, 6.07) is 8.91. The molecule has 3 unspecified atom stereocenters. The van der Waals surface area contributed by atoms with Gasteiger partial charge in [0.05, 0.1) is 12.2 Å². The zero-order chi connectivity index (χ0) is 14.5. The SMILES string of the molecule is CCC(NC)c1ccc(OC2CC(C)OC(C)C2)cc1. The molecule has 1 aromatic carbocycles. The summed E-state index contributed by atoms with van der Waals surface area (Å²) in [5.41, 5.74) is 1.32. The minimum absolute atomic E-state index is 0.269. The lowest BCUT2D eigenvalue weighted by Crippen LogP contribution is -2.35. The number of benzene rings is 1. The van der Waals surface area contributed by atoms with E-state index in [4.69, 9.17) is 9.47 Å². The lowest BCUT2D eigenvalue weighted by atomic mass is 10.0. The lowest BCUT2D eigenvalue weighted by molar-refractivity contribution is -0.0721. The number of nitrogens with one attached hydrogen (secondary N) is 1. The lowest BCUT2D eigenvalue weighted by Gasteiger charge is -2.32. The van der Waals surface area contributed by atoms with Crippen LogP contribution in [0.4, 0.5) is 0 Å². The van der Waals surface area contributed by atoms with Gasteiger partial charge in [0.2, 0.25) is 0 Å². The third kappa shape index (κ3) is 3.97. The fourth-order valence-electron chi connectivity index (χ4n) is 3.02. The number of rotatable bonds is 5. The van der Waals surface area contributed by atoms with Gasteiger partial charge in [-0.2, -0.15) is 0 Å². The second kappa shape index (κ2) is 7.09. The van der Waals surface area contributed by atoms with E-state index in [0.29, 0.717) is 6.04 Å². The van der Waals surface area contributed by atoms with Crippen LogP contribution in [0.25, 0.3) is 0 Å². The molecule has 0 saturated carbocycles. The van der Waals surface area contributed by atoms with E-state index in [9.17, 15) is 0 Å². The van der Waals surface area contributed by atoms with E-state index in [0.717, 1.165) is 25.0 Å². The van der Waals surface area contributed by atoms with E-state index in [1.165, 1.54) is 5.56 Å². The van der Waals surface area contributed by atoms with Crippen LogP contribution in [0.2, 0.25) is 0 Å². The van der Waals surface area contributed by atoms with Crippen molar-refractivity contribution in [3.63, 3.8) is 0 Å². The van der Waals surface area contributed by atoms with Gasteiger partial charge in [-0.3, -0.25) is 0 Å². The Kier molecular flexibility index (Phi) is 5.44. The van der Waals surface area contributed by atoms with E-state index in [1.54, 1.807) is 0 Å². The largest absolute Gasteiger partial charge is 0.490 e. The predicted octanol–water partition coefficient (Wildman–Crippen LogP) is 3.69. The van der Waals surface area contributed by atoms with Crippen molar-refractivity contribution in [2.45, 2.75) is 64.4 Å². The van der Waals surface area contributed by atoms with Crippen molar-refractivity contribution < 1.29 is 9.47 Å². The molecule has 3 heteroatoms.